The van der Waals surface area contributed by atoms with E-state index in [9.17, 15) is 39.0 Å². The molecule has 0 radical (unpaired) electrons. The summed E-state index contributed by atoms with van der Waals surface area (Å²) in [6, 6.07) is 15.5. The lowest BCUT2D eigenvalue weighted by atomic mass is 9.90. The number of aliphatic hydroxyl groups excluding tert-OH is 1. The highest BCUT2D eigenvalue weighted by atomic mass is 32.1. The molecule has 5 amide bonds. The Morgan fingerprint density at radius 2 is 1.32 bits per heavy atom. The van der Waals surface area contributed by atoms with Crippen LogP contribution in [0.4, 0.5) is 0 Å². The van der Waals surface area contributed by atoms with E-state index >= 15 is 0 Å². The highest BCUT2D eigenvalue weighted by molar-refractivity contribution is 7.15. The van der Waals surface area contributed by atoms with Gasteiger partial charge in [0.2, 0.25) is 11.8 Å². The number of rotatable bonds is 10. The smallest absolute Gasteiger partial charge is 0.271 e. The standard InChI is InChI=1S/C54H46N12O9S6.CH4/c1-23(39-17-75-39)41-54-64-37(22-80-54)52-60-33(18-78-52)43-28(12-13-30(57-43)51-61-34(19-79-51)45(56)71)49-62-36(20-76-49)48(74)59-32(16-40(55)69)53-66-42(24(2)81-53)38(68)15-29(44(70)26-6-4-3-5-7-26)50-63-35(21-77-50)47(73)58-31(46(72)65-41)14-25-8-10-27(67)11-9-25;/h3-13,18-23,29,31-32,39,41,44,67,70H,14-17H2,1-2H3,(H2,55,69)(H2,56,71)(H,58,73)(H,59,74)(H,65,72);1H4/t23-,29-,31-,32-,39-,41-,44+;/m0./s1. The fraction of sp³-hybridized carbons (Fsp3) is 0.255. The molecule has 27 heteroatoms. The van der Waals surface area contributed by atoms with E-state index in [1.54, 1.807) is 72.3 Å². The minimum absolute atomic E-state index is 0. The number of carbonyl (C=O) groups excluding carboxylic acids is 6. The Bertz CT molecular complexity index is 3870. The molecule has 1 saturated heterocycles. The summed E-state index contributed by atoms with van der Waals surface area (Å²) < 4.78 is 5.75. The molecule has 2 aromatic carbocycles. The SMILES string of the molecule is C.Cc1sc2nc1C(=O)C[C@@H]([C@H](O)c1ccccc1)c1nc(cs1)C(=O)N[C@@H](Cc1ccc(O)cc1)C(=O)N[C@@H]([C@@H](C)[C@@H]1CO1)c1nc(cs1)-c1nc(cs1)-c1nc(-c3nc(C(N)=O)cs3)ccc1-c1nc(cs1)C(=O)N[C@H]2CC(N)=O. The number of aromatic nitrogens is 7. The van der Waals surface area contributed by atoms with Gasteiger partial charge in [0.1, 0.15) is 76.7 Å². The molecule has 7 atom stereocenters. The van der Waals surface area contributed by atoms with Gasteiger partial charge in [-0.05, 0) is 42.3 Å². The van der Waals surface area contributed by atoms with E-state index in [-0.39, 0.29) is 77.3 Å². The van der Waals surface area contributed by atoms with Crippen LogP contribution < -0.4 is 27.4 Å². The summed E-state index contributed by atoms with van der Waals surface area (Å²) in [5.74, 6) is -5.09. The Morgan fingerprint density at radius 1 is 0.683 bits per heavy atom. The van der Waals surface area contributed by atoms with Crippen LogP contribution in [0.1, 0.15) is 124 Å². The van der Waals surface area contributed by atoms with Crippen LogP contribution in [0.3, 0.4) is 0 Å². The molecule has 0 spiro atoms. The van der Waals surface area contributed by atoms with Crippen LogP contribution in [0.5, 0.6) is 5.75 Å². The molecule has 21 nitrogen and oxygen atoms in total. The summed E-state index contributed by atoms with van der Waals surface area (Å²) in [6.45, 7) is 4.09. The number of fused-ring (bicyclic) bond motifs is 14. The average Bonchev–Trinajstić information content (AvgIpc) is 4.40. The molecule has 11 rings (SSSR count). The molecule has 9 aromatic rings. The van der Waals surface area contributed by atoms with E-state index in [0.29, 0.717) is 71.0 Å². The third kappa shape index (κ3) is 12.5. The molecule has 0 aliphatic carbocycles. The number of ketones is 1. The second-order valence-corrected chi connectivity index (χ2v) is 24.7. The molecular weight excluding hydrogens is 1170 g/mol. The molecule has 2 aliphatic rings. The predicted octanol–water partition coefficient (Wildman–Crippen LogP) is 8.22. The molecule has 10 bridgehead atoms. The van der Waals surface area contributed by atoms with Crippen molar-refractivity contribution in [2.75, 3.05) is 6.61 Å². The van der Waals surface area contributed by atoms with E-state index in [0.717, 1.165) is 34.0 Å². The summed E-state index contributed by atoms with van der Waals surface area (Å²) in [4.78, 5) is 117. The molecule has 0 saturated carbocycles. The lowest BCUT2D eigenvalue weighted by Crippen LogP contribution is -2.50. The maximum atomic E-state index is 14.8. The van der Waals surface area contributed by atoms with Crippen molar-refractivity contribution in [3.63, 3.8) is 0 Å². The summed E-state index contributed by atoms with van der Waals surface area (Å²) in [5, 5.41) is 41.6. The minimum atomic E-state index is -1.28. The number of carbonyl (C=O) groups is 6. The van der Waals surface area contributed by atoms with Crippen LogP contribution in [-0.4, -0.2) is 99.2 Å². The first-order valence-corrected chi connectivity index (χ1v) is 30.2. The number of benzene rings is 2. The molecule has 82 heavy (non-hydrogen) atoms. The van der Waals surface area contributed by atoms with E-state index in [1.807, 2.05) is 12.3 Å². The number of pyridine rings is 1. The van der Waals surface area contributed by atoms with Crippen LogP contribution >= 0.6 is 68.0 Å². The van der Waals surface area contributed by atoms with Crippen molar-refractivity contribution in [2.45, 2.75) is 76.8 Å². The first-order chi connectivity index (χ1) is 39.0. The average molecular weight is 1220 g/mol. The van der Waals surface area contributed by atoms with Gasteiger partial charge in [0.15, 0.2) is 5.78 Å². The number of hydrogen-bond acceptors (Lipinski definition) is 22. The second-order valence-electron chi connectivity index (χ2n) is 19.1. The van der Waals surface area contributed by atoms with Crippen LogP contribution in [-0.2, 0) is 20.7 Å². The van der Waals surface area contributed by atoms with Gasteiger partial charge in [0, 0.05) is 62.0 Å². The largest absolute Gasteiger partial charge is 0.508 e. The first kappa shape index (κ1) is 57.3. The van der Waals surface area contributed by atoms with Crippen molar-refractivity contribution in [3.8, 4) is 49.1 Å². The van der Waals surface area contributed by atoms with Gasteiger partial charge in [-0.1, -0.05) is 56.8 Å². The molecule has 9 N–H and O–H groups in total. The number of hydrogen-bond donors (Lipinski definition) is 7. The number of ether oxygens (including phenoxy) is 1. The highest BCUT2D eigenvalue weighted by Crippen LogP contribution is 2.41. The molecule has 9 heterocycles. The Morgan fingerprint density at radius 3 is 2.04 bits per heavy atom. The van der Waals surface area contributed by atoms with E-state index in [4.69, 9.17) is 36.1 Å². The number of nitrogens with one attached hydrogen (secondary N) is 3. The van der Waals surface area contributed by atoms with Crippen LogP contribution in [0, 0.1) is 12.8 Å². The summed E-state index contributed by atoms with van der Waals surface area (Å²) >= 11 is 7.10. The van der Waals surface area contributed by atoms with Crippen molar-refractivity contribution >= 4 is 103 Å². The van der Waals surface area contributed by atoms with E-state index in [2.05, 4.69) is 30.9 Å². The van der Waals surface area contributed by atoms with Gasteiger partial charge in [-0.25, -0.2) is 34.9 Å². The van der Waals surface area contributed by atoms with Gasteiger partial charge in [0.25, 0.3) is 17.7 Å². The Hall–Kier alpha value is -7.89. The van der Waals surface area contributed by atoms with Crippen LogP contribution in [0.25, 0.3) is 43.4 Å². The number of thiazole rings is 6. The number of phenols is 1. The summed E-state index contributed by atoms with van der Waals surface area (Å²) in [6.07, 6.45) is -2.16. The molecular formula is C55H50N12O9S6. The number of aliphatic hydroxyl groups is 1. The zero-order chi connectivity index (χ0) is 56.6. The Kier molecular flexibility index (Phi) is 17.0. The quantitative estimate of drug-likeness (QED) is 0.0634. The lowest BCUT2D eigenvalue weighted by Gasteiger charge is -2.26. The van der Waals surface area contributed by atoms with Crippen molar-refractivity contribution in [1.29, 1.82) is 0 Å². The zero-order valence-corrected chi connectivity index (χ0v) is 47.5. The van der Waals surface area contributed by atoms with Gasteiger partial charge in [-0.3, -0.25) is 28.8 Å². The zero-order valence-electron chi connectivity index (χ0n) is 42.6. The molecule has 2 aliphatic heterocycles. The third-order valence-electron chi connectivity index (χ3n) is 13.4. The molecule has 420 valence electrons. The van der Waals surface area contributed by atoms with Gasteiger partial charge in [0.05, 0.1) is 48.0 Å². The first-order valence-electron chi connectivity index (χ1n) is 25.0. The maximum Gasteiger partial charge on any atom is 0.271 e. The summed E-state index contributed by atoms with van der Waals surface area (Å²) in [7, 11) is 0. The minimum Gasteiger partial charge on any atom is -0.508 e. The number of amides is 5. The number of nitrogens with two attached hydrogens (primary N) is 2. The summed E-state index contributed by atoms with van der Waals surface area (Å²) in [5.41, 5.74) is 14.7. The number of aryl methyl sites for hydroxylation is 1. The molecule has 7 aromatic heterocycles. The van der Waals surface area contributed by atoms with Crippen LogP contribution in [0.15, 0.2) is 93.6 Å². The van der Waals surface area contributed by atoms with Crippen molar-refractivity contribution in [3.05, 3.63) is 147 Å². The lowest BCUT2D eigenvalue weighted by molar-refractivity contribution is -0.124. The molecule has 1 fully saturated rings. The van der Waals surface area contributed by atoms with Gasteiger partial charge >= 0.3 is 0 Å². The predicted molar refractivity (Wildman–Crippen MR) is 313 cm³/mol. The third-order valence-corrected chi connectivity index (χ3v) is 19.0. The van der Waals surface area contributed by atoms with Crippen molar-refractivity contribution in [1.82, 2.24) is 50.8 Å². The Balaban J connectivity index is 0.00000753. The highest BCUT2D eigenvalue weighted by Gasteiger charge is 2.40. The van der Waals surface area contributed by atoms with Gasteiger partial charge in [-0.2, -0.15) is 0 Å². The fourth-order valence-corrected chi connectivity index (χ4v) is 14.4. The number of Topliss-reactive ketones (excluding diaryl/α,β-unsaturated/α-hetero) is 1. The monoisotopic (exact) mass is 1210 g/mol. The number of aromatic hydroxyl groups is 1. The number of epoxide rings is 1. The second kappa shape index (κ2) is 24.3. The normalized spacial score (nSPS) is 19.2. The van der Waals surface area contributed by atoms with Crippen LogP contribution in [0.2, 0.25) is 0 Å². The van der Waals surface area contributed by atoms with E-state index < -0.39 is 65.5 Å². The maximum absolute atomic E-state index is 14.8. The molecule has 0 unspecified atom stereocenters. The topological polar surface area (TPSA) is 334 Å². The fourth-order valence-electron chi connectivity index (χ4n) is 9.07. The van der Waals surface area contributed by atoms with Crippen molar-refractivity contribution < 1.29 is 43.7 Å². The Labute approximate surface area is 492 Å². The number of nitrogens with zero attached hydrogens (tertiary/aromatic N) is 7. The van der Waals surface area contributed by atoms with Gasteiger partial charge < -0.3 is 42.4 Å². The number of primary amides is 2. The van der Waals surface area contributed by atoms with Gasteiger partial charge in [-0.15, -0.1) is 68.0 Å². The van der Waals surface area contributed by atoms with E-state index in [1.165, 1.54) is 56.9 Å². The van der Waals surface area contributed by atoms with Crippen molar-refractivity contribution in [2.24, 2.45) is 17.4 Å². The number of phenolic OH excluding ortho intramolecular Hbond substituents is 1.